The highest BCUT2D eigenvalue weighted by atomic mass is 35.5. The predicted octanol–water partition coefficient (Wildman–Crippen LogP) is 3.78. The molecule has 0 aliphatic carbocycles. The average molecular weight is 546 g/mol. The Morgan fingerprint density at radius 2 is 2.03 bits per heavy atom. The van der Waals surface area contributed by atoms with Gasteiger partial charge in [0.05, 0.1) is 41.4 Å². The monoisotopic (exact) mass is 545 g/mol. The fourth-order valence-corrected chi connectivity index (χ4v) is 4.78. The van der Waals surface area contributed by atoms with Gasteiger partial charge in [-0.25, -0.2) is 9.97 Å². The summed E-state index contributed by atoms with van der Waals surface area (Å²) >= 11 is 6.43. The first-order chi connectivity index (χ1) is 18.7. The molecular weight excluding hydrogens is 518 g/mol. The fourth-order valence-electron chi connectivity index (χ4n) is 4.58. The molecule has 0 spiro atoms. The highest BCUT2D eigenvalue weighted by Gasteiger charge is 2.35. The molecule has 10 nitrogen and oxygen atoms in total. The first-order valence-electron chi connectivity index (χ1n) is 12.4. The molecule has 0 fully saturated rings. The van der Waals surface area contributed by atoms with Gasteiger partial charge in [0.25, 0.3) is 5.91 Å². The zero-order valence-electron chi connectivity index (χ0n) is 21.7. The predicted molar refractivity (Wildman–Crippen MR) is 147 cm³/mol. The summed E-state index contributed by atoms with van der Waals surface area (Å²) < 4.78 is 1.66. The molecule has 39 heavy (non-hydrogen) atoms. The summed E-state index contributed by atoms with van der Waals surface area (Å²) in [7, 11) is 1.81. The number of rotatable bonds is 8. The van der Waals surface area contributed by atoms with E-state index in [0.29, 0.717) is 34.3 Å². The largest absolute Gasteiger partial charge is 0.394 e. The van der Waals surface area contributed by atoms with Crippen LogP contribution in [0.4, 0.5) is 11.6 Å². The van der Waals surface area contributed by atoms with Gasteiger partial charge in [-0.05, 0) is 31.0 Å². The number of anilines is 2. The van der Waals surface area contributed by atoms with Crippen LogP contribution in [0.3, 0.4) is 0 Å². The summed E-state index contributed by atoms with van der Waals surface area (Å²) in [6, 6.07) is 11.7. The molecule has 0 radical (unpaired) electrons. The number of halogens is 1. The van der Waals surface area contributed by atoms with Crippen molar-refractivity contribution in [3.8, 4) is 11.3 Å². The number of nitrogens with one attached hydrogen (secondary N) is 2. The first-order valence-corrected chi connectivity index (χ1v) is 12.8. The SMILES string of the molecule is Cc1cccc([C@@H](CO)NC(=O)[C@@H](C)N2Cc3ccc(-c4nc(Nc5cnn(C)c5)ncc4Cl)cc3C2=O)c1. The molecule has 0 bridgehead atoms. The third-order valence-electron chi connectivity index (χ3n) is 6.71. The van der Waals surface area contributed by atoms with Gasteiger partial charge >= 0.3 is 0 Å². The second-order valence-corrected chi connectivity index (χ2v) is 9.96. The van der Waals surface area contributed by atoms with E-state index in [0.717, 1.165) is 22.4 Å². The third-order valence-corrected chi connectivity index (χ3v) is 6.99. The molecule has 2 atom stereocenters. The van der Waals surface area contributed by atoms with Crippen LogP contribution in [0.5, 0.6) is 0 Å². The third kappa shape index (κ3) is 5.47. The highest BCUT2D eigenvalue weighted by molar-refractivity contribution is 6.33. The van der Waals surface area contributed by atoms with E-state index in [1.165, 1.54) is 11.1 Å². The number of aliphatic hydroxyl groups excluding tert-OH is 1. The van der Waals surface area contributed by atoms with E-state index in [9.17, 15) is 14.7 Å². The summed E-state index contributed by atoms with van der Waals surface area (Å²) in [4.78, 5) is 36.8. The highest BCUT2D eigenvalue weighted by Crippen LogP contribution is 2.32. The molecule has 0 saturated heterocycles. The van der Waals surface area contributed by atoms with E-state index >= 15 is 0 Å². The Kier molecular flexibility index (Phi) is 7.32. The molecule has 1 aliphatic rings. The normalized spacial score (nSPS) is 14.2. The van der Waals surface area contributed by atoms with Gasteiger partial charge in [0, 0.05) is 30.9 Å². The van der Waals surface area contributed by atoms with E-state index in [1.807, 2.05) is 50.4 Å². The molecule has 2 amide bonds. The van der Waals surface area contributed by atoms with E-state index in [4.69, 9.17) is 11.6 Å². The summed E-state index contributed by atoms with van der Waals surface area (Å²) in [5, 5.41) is 20.3. The van der Waals surface area contributed by atoms with E-state index in [1.54, 1.807) is 30.1 Å². The van der Waals surface area contributed by atoms with Crippen molar-refractivity contribution in [2.45, 2.75) is 32.5 Å². The number of amides is 2. The van der Waals surface area contributed by atoms with Crippen LogP contribution in [-0.2, 0) is 18.4 Å². The lowest BCUT2D eigenvalue weighted by molar-refractivity contribution is -0.126. The van der Waals surface area contributed by atoms with Gasteiger partial charge in [0.15, 0.2) is 0 Å². The quantitative estimate of drug-likeness (QED) is 0.308. The number of aliphatic hydroxyl groups is 1. The van der Waals surface area contributed by atoms with Crippen molar-refractivity contribution in [2.75, 3.05) is 11.9 Å². The number of nitrogens with zero attached hydrogens (tertiary/aromatic N) is 5. The van der Waals surface area contributed by atoms with Crippen molar-refractivity contribution in [3.05, 3.63) is 88.3 Å². The van der Waals surface area contributed by atoms with Crippen molar-refractivity contribution in [3.63, 3.8) is 0 Å². The van der Waals surface area contributed by atoms with E-state index < -0.39 is 12.1 Å². The van der Waals surface area contributed by atoms with Crippen LogP contribution in [0, 0.1) is 6.92 Å². The lowest BCUT2D eigenvalue weighted by atomic mass is 10.0. The zero-order valence-corrected chi connectivity index (χ0v) is 22.5. The standard InChI is InChI=1S/C28H28ClN7O3/c1-16-5-4-6-18(9-16)24(15-37)33-26(38)17(2)36-13-20-8-7-19(10-22(20)27(36)39)25-23(29)12-30-28(34-25)32-21-11-31-35(3)14-21/h4-12,14,17,24,37H,13,15H2,1-3H3,(H,33,38)(H,30,32,34)/t17-,24-/m1/s1. The summed E-state index contributed by atoms with van der Waals surface area (Å²) in [6.45, 7) is 3.67. The number of fused-ring (bicyclic) bond motifs is 1. The minimum absolute atomic E-state index is 0.253. The Labute approximate surface area is 230 Å². The minimum Gasteiger partial charge on any atom is -0.394 e. The molecule has 0 unspecified atom stereocenters. The molecule has 3 heterocycles. The maximum absolute atomic E-state index is 13.4. The van der Waals surface area contributed by atoms with E-state index in [2.05, 4.69) is 25.7 Å². The Balaban J connectivity index is 1.33. The van der Waals surface area contributed by atoms with Gasteiger partial charge in [-0.3, -0.25) is 14.3 Å². The lowest BCUT2D eigenvalue weighted by Gasteiger charge is -2.26. The minimum atomic E-state index is -0.745. The molecular formula is C28H28ClN7O3. The summed E-state index contributed by atoms with van der Waals surface area (Å²) in [5.41, 5.74) is 4.98. The van der Waals surface area contributed by atoms with Gasteiger partial charge in [0.2, 0.25) is 11.9 Å². The topological polar surface area (TPSA) is 125 Å². The number of carbonyl (C=O) groups excluding carboxylic acids is 2. The Bertz CT molecular complexity index is 1550. The number of hydrogen-bond donors (Lipinski definition) is 3. The average Bonchev–Trinajstić information content (AvgIpc) is 3.49. The maximum Gasteiger partial charge on any atom is 0.255 e. The van der Waals surface area contributed by atoms with Gasteiger partial charge < -0.3 is 20.6 Å². The number of aryl methyl sites for hydroxylation is 2. The molecule has 2 aromatic heterocycles. The molecule has 1 aliphatic heterocycles. The van der Waals surface area contributed by atoms with Gasteiger partial charge in [-0.15, -0.1) is 0 Å². The molecule has 0 saturated carbocycles. The molecule has 11 heteroatoms. The zero-order chi connectivity index (χ0) is 27.7. The fraction of sp³-hybridized carbons (Fsp3) is 0.250. The second-order valence-electron chi connectivity index (χ2n) is 9.56. The van der Waals surface area contributed by atoms with Crippen LogP contribution in [0.15, 0.2) is 61.1 Å². The van der Waals surface area contributed by atoms with E-state index in [-0.39, 0.29) is 18.4 Å². The van der Waals surface area contributed by atoms with Crippen molar-refractivity contribution in [1.82, 2.24) is 30.0 Å². The van der Waals surface area contributed by atoms with Crippen molar-refractivity contribution < 1.29 is 14.7 Å². The van der Waals surface area contributed by atoms with Crippen molar-refractivity contribution in [2.24, 2.45) is 7.05 Å². The van der Waals surface area contributed by atoms with Crippen LogP contribution in [0.25, 0.3) is 11.3 Å². The van der Waals surface area contributed by atoms with Gasteiger partial charge in [-0.1, -0.05) is 53.6 Å². The first kappa shape index (κ1) is 26.3. The second kappa shape index (κ2) is 10.8. The summed E-state index contributed by atoms with van der Waals surface area (Å²) in [5.74, 6) is -0.264. The van der Waals surface area contributed by atoms with Crippen LogP contribution >= 0.6 is 11.6 Å². The molecule has 4 aromatic rings. The van der Waals surface area contributed by atoms with Crippen LogP contribution < -0.4 is 10.6 Å². The van der Waals surface area contributed by atoms with Gasteiger partial charge in [-0.2, -0.15) is 5.10 Å². The number of benzene rings is 2. The lowest BCUT2D eigenvalue weighted by Crippen LogP contribution is -2.46. The Morgan fingerprint density at radius 1 is 1.21 bits per heavy atom. The van der Waals surface area contributed by atoms with Gasteiger partial charge in [0.1, 0.15) is 6.04 Å². The van der Waals surface area contributed by atoms with Crippen LogP contribution in [0.2, 0.25) is 5.02 Å². The van der Waals surface area contributed by atoms with Crippen LogP contribution in [-0.4, -0.2) is 54.2 Å². The van der Waals surface area contributed by atoms with Crippen LogP contribution in [0.1, 0.15) is 40.0 Å². The molecule has 3 N–H and O–H groups in total. The smallest absolute Gasteiger partial charge is 0.255 e. The van der Waals surface area contributed by atoms with Crippen molar-refractivity contribution >= 4 is 35.1 Å². The number of hydrogen-bond acceptors (Lipinski definition) is 7. The van der Waals surface area contributed by atoms with Crippen molar-refractivity contribution in [1.29, 1.82) is 0 Å². The number of carbonyl (C=O) groups is 2. The maximum atomic E-state index is 13.4. The molecule has 200 valence electrons. The Hall–Kier alpha value is -4.28. The molecule has 2 aromatic carbocycles. The summed E-state index contributed by atoms with van der Waals surface area (Å²) in [6.07, 6.45) is 4.95. The Morgan fingerprint density at radius 3 is 2.74 bits per heavy atom. The number of aromatic nitrogens is 4. The molecule has 5 rings (SSSR count).